The van der Waals surface area contributed by atoms with Crippen LogP contribution in [-0.2, 0) is 0 Å². The van der Waals surface area contributed by atoms with Crippen LogP contribution in [0.4, 0.5) is 10.1 Å². The summed E-state index contributed by atoms with van der Waals surface area (Å²) in [6.45, 7) is 0. The van der Waals surface area contributed by atoms with Crippen molar-refractivity contribution in [2.45, 2.75) is 0 Å². The average Bonchev–Trinajstić information content (AvgIpc) is 2.38. The number of hydrogen-bond donors (Lipinski definition) is 0. The van der Waals surface area contributed by atoms with Crippen molar-refractivity contribution in [1.29, 1.82) is 0 Å². The second-order valence-corrected chi connectivity index (χ2v) is 3.45. The molecule has 90 valence electrons. The minimum absolute atomic E-state index is 0.158. The summed E-state index contributed by atoms with van der Waals surface area (Å²) in [6.07, 6.45) is 1.20. The van der Waals surface area contributed by atoms with Crippen LogP contribution in [0.25, 0.3) is 0 Å². The molecule has 1 aromatic carbocycles. The van der Waals surface area contributed by atoms with Crippen molar-refractivity contribution < 1.29 is 14.1 Å². The van der Waals surface area contributed by atoms with Crippen LogP contribution in [0, 0.1) is 16.1 Å². The quantitative estimate of drug-likeness (QED) is 0.360. The van der Waals surface area contributed by atoms with Gasteiger partial charge in [-0.15, -0.1) is 0 Å². The van der Waals surface area contributed by atoms with Crippen molar-refractivity contribution in [1.82, 2.24) is 4.98 Å². The van der Waals surface area contributed by atoms with Gasteiger partial charge in [0.2, 0.25) is 11.7 Å². The van der Waals surface area contributed by atoms with E-state index >= 15 is 0 Å². The highest BCUT2D eigenvalue weighted by Crippen LogP contribution is 2.21. The molecule has 0 aliphatic rings. The number of para-hydroxylation sites is 1. The van der Waals surface area contributed by atoms with Gasteiger partial charge in [-0.1, -0.05) is 12.1 Å². The molecule has 0 aliphatic carbocycles. The Morgan fingerprint density at radius 2 is 1.83 bits per heavy atom. The van der Waals surface area contributed by atoms with Gasteiger partial charge in [0.1, 0.15) is 5.56 Å². The minimum atomic E-state index is -0.944. The van der Waals surface area contributed by atoms with E-state index in [0.29, 0.717) is 0 Å². The molecule has 0 N–H and O–H groups in total. The fraction of sp³-hybridized carbons (Fsp3) is 0. The number of rotatable bonds is 3. The van der Waals surface area contributed by atoms with E-state index in [2.05, 4.69) is 4.98 Å². The molecule has 0 spiro atoms. The largest absolute Gasteiger partial charge is 0.288 e. The van der Waals surface area contributed by atoms with E-state index in [0.717, 1.165) is 0 Å². The van der Waals surface area contributed by atoms with Gasteiger partial charge < -0.3 is 0 Å². The van der Waals surface area contributed by atoms with Crippen molar-refractivity contribution in [2.75, 3.05) is 0 Å². The lowest BCUT2D eigenvalue weighted by Gasteiger charge is -2.02. The normalized spacial score (nSPS) is 10.1. The third-order valence-electron chi connectivity index (χ3n) is 2.35. The number of ketones is 1. The second kappa shape index (κ2) is 4.70. The second-order valence-electron chi connectivity index (χ2n) is 3.45. The third kappa shape index (κ3) is 2.08. The highest BCUT2D eigenvalue weighted by atomic mass is 19.1. The van der Waals surface area contributed by atoms with Gasteiger partial charge >= 0.3 is 0 Å². The molecule has 6 heteroatoms. The first-order chi connectivity index (χ1) is 8.61. The summed E-state index contributed by atoms with van der Waals surface area (Å²) in [6, 6.07) is 8.03. The number of hydrogen-bond acceptors (Lipinski definition) is 4. The maximum Gasteiger partial charge on any atom is 0.280 e. The lowest BCUT2D eigenvalue weighted by Crippen LogP contribution is -2.08. The monoisotopic (exact) mass is 246 g/mol. The zero-order valence-electron chi connectivity index (χ0n) is 9.04. The minimum Gasteiger partial charge on any atom is -0.288 e. The van der Waals surface area contributed by atoms with Crippen LogP contribution in [0.1, 0.15) is 15.9 Å². The lowest BCUT2D eigenvalue weighted by molar-refractivity contribution is -0.385. The molecule has 1 aromatic heterocycles. The van der Waals surface area contributed by atoms with Crippen LogP contribution in [0.5, 0.6) is 0 Å². The molecule has 0 saturated heterocycles. The maximum atomic E-state index is 13.4. The highest BCUT2D eigenvalue weighted by molar-refractivity contribution is 6.11. The van der Waals surface area contributed by atoms with Crippen molar-refractivity contribution in [3.63, 3.8) is 0 Å². The first-order valence-corrected chi connectivity index (χ1v) is 5.00. The molecule has 1 heterocycles. The number of nitro benzene ring substituents is 1. The van der Waals surface area contributed by atoms with Crippen LogP contribution < -0.4 is 0 Å². The molecule has 0 bridgehead atoms. The van der Waals surface area contributed by atoms with E-state index in [1.807, 2.05) is 0 Å². The molecule has 0 amide bonds. The number of pyridine rings is 1. The summed E-state index contributed by atoms with van der Waals surface area (Å²) in [5.41, 5.74) is -0.799. The fourth-order valence-corrected chi connectivity index (χ4v) is 1.53. The number of benzene rings is 1. The van der Waals surface area contributed by atoms with Crippen molar-refractivity contribution in [3.05, 3.63) is 69.8 Å². The lowest BCUT2D eigenvalue weighted by atomic mass is 10.0. The van der Waals surface area contributed by atoms with Crippen LogP contribution in [0.15, 0.2) is 42.6 Å². The van der Waals surface area contributed by atoms with Gasteiger partial charge in [0.05, 0.1) is 10.5 Å². The number of nitro groups is 1. The molecule has 2 aromatic rings. The Bertz CT molecular complexity index is 628. The molecule has 0 aliphatic heterocycles. The van der Waals surface area contributed by atoms with Gasteiger partial charge in [0.15, 0.2) is 0 Å². The summed E-state index contributed by atoms with van der Waals surface area (Å²) in [4.78, 5) is 25.5. The number of halogens is 1. The van der Waals surface area contributed by atoms with Crippen molar-refractivity contribution in [3.8, 4) is 0 Å². The van der Waals surface area contributed by atoms with Crippen LogP contribution >= 0.6 is 0 Å². The molecule has 5 nitrogen and oxygen atoms in total. The van der Waals surface area contributed by atoms with Crippen LogP contribution in [0.3, 0.4) is 0 Å². The Morgan fingerprint density at radius 3 is 2.50 bits per heavy atom. The molecule has 0 unspecified atom stereocenters. The topological polar surface area (TPSA) is 73.1 Å². The summed E-state index contributed by atoms with van der Waals surface area (Å²) in [5, 5.41) is 10.8. The number of carbonyl (C=O) groups excluding carboxylic acids is 1. The molecule has 18 heavy (non-hydrogen) atoms. The van der Waals surface area contributed by atoms with E-state index < -0.39 is 16.7 Å². The predicted molar refractivity (Wildman–Crippen MR) is 60.7 cm³/mol. The van der Waals surface area contributed by atoms with E-state index in [4.69, 9.17) is 0 Å². The summed E-state index contributed by atoms with van der Waals surface area (Å²) >= 11 is 0. The van der Waals surface area contributed by atoms with Gasteiger partial charge in [-0.25, -0.2) is 4.98 Å². The summed E-state index contributed by atoms with van der Waals surface area (Å²) in [7, 11) is 0. The number of carbonyl (C=O) groups is 1. The number of nitrogens with zero attached hydrogens (tertiary/aromatic N) is 2. The molecule has 0 saturated carbocycles. The molecular weight excluding hydrogens is 239 g/mol. The standard InChI is InChI=1S/C12H7FN2O3/c13-12-9(5-3-7-14-12)11(16)8-4-1-2-6-10(8)15(17)18/h1-7H. The van der Waals surface area contributed by atoms with Crippen LogP contribution in [0.2, 0.25) is 0 Å². The molecule has 2 rings (SSSR count). The van der Waals surface area contributed by atoms with Gasteiger partial charge in [0.25, 0.3) is 5.69 Å². The molecule has 0 radical (unpaired) electrons. The summed E-state index contributed by atoms with van der Waals surface area (Å²) in [5.74, 6) is -1.70. The Balaban J connectivity index is 2.54. The van der Waals surface area contributed by atoms with Gasteiger partial charge in [-0.2, -0.15) is 4.39 Å². The smallest absolute Gasteiger partial charge is 0.280 e. The fourth-order valence-electron chi connectivity index (χ4n) is 1.53. The van der Waals surface area contributed by atoms with E-state index in [1.54, 1.807) is 0 Å². The first-order valence-electron chi connectivity index (χ1n) is 5.00. The summed E-state index contributed by atoms with van der Waals surface area (Å²) < 4.78 is 13.4. The third-order valence-corrected chi connectivity index (χ3v) is 2.35. The zero-order chi connectivity index (χ0) is 13.1. The van der Waals surface area contributed by atoms with E-state index in [-0.39, 0.29) is 16.8 Å². The Morgan fingerprint density at radius 1 is 1.17 bits per heavy atom. The predicted octanol–water partition coefficient (Wildman–Crippen LogP) is 2.36. The zero-order valence-corrected chi connectivity index (χ0v) is 9.04. The molecule has 0 fully saturated rings. The van der Waals surface area contributed by atoms with Crippen molar-refractivity contribution >= 4 is 11.5 Å². The number of aromatic nitrogens is 1. The maximum absolute atomic E-state index is 13.4. The van der Waals surface area contributed by atoms with E-state index in [1.165, 1.54) is 42.6 Å². The SMILES string of the molecule is O=C(c1ccccc1[N+](=O)[O-])c1cccnc1F. The van der Waals surface area contributed by atoms with Crippen molar-refractivity contribution in [2.24, 2.45) is 0 Å². The molecule has 0 atom stereocenters. The van der Waals surface area contributed by atoms with Gasteiger partial charge in [-0.3, -0.25) is 14.9 Å². The van der Waals surface area contributed by atoms with Crippen LogP contribution in [-0.4, -0.2) is 15.7 Å². The first kappa shape index (κ1) is 11.8. The highest BCUT2D eigenvalue weighted by Gasteiger charge is 2.22. The molecular formula is C12H7FN2O3. The Kier molecular flexibility index (Phi) is 3.09. The van der Waals surface area contributed by atoms with Gasteiger partial charge in [0, 0.05) is 12.3 Å². The Labute approximate surface area is 101 Å². The van der Waals surface area contributed by atoms with Gasteiger partial charge in [-0.05, 0) is 18.2 Å². The Hall–Kier alpha value is -2.63. The van der Waals surface area contributed by atoms with E-state index in [9.17, 15) is 19.3 Å². The average molecular weight is 246 g/mol.